The van der Waals surface area contributed by atoms with Crippen LogP contribution in [0.2, 0.25) is 0 Å². The average molecular weight is 347 g/mol. The number of hydrogen-bond donors (Lipinski definition) is 2. The molecule has 4 rings (SSSR count). The molecule has 4 aromatic rings. The lowest BCUT2D eigenvalue weighted by Crippen LogP contribution is -2.14. The van der Waals surface area contributed by atoms with Crippen molar-refractivity contribution in [2.75, 3.05) is 5.32 Å². The summed E-state index contributed by atoms with van der Waals surface area (Å²) in [6.45, 7) is 1.79. The minimum atomic E-state index is -0.364. The molecule has 0 atom stereocenters. The molecule has 0 unspecified atom stereocenters. The smallest absolute Gasteiger partial charge is 0.260 e. The summed E-state index contributed by atoms with van der Waals surface area (Å²) in [6.07, 6.45) is 1.52. The van der Waals surface area contributed by atoms with Crippen LogP contribution in [-0.4, -0.2) is 26.1 Å². The number of anilines is 1. The van der Waals surface area contributed by atoms with Gasteiger partial charge in [-0.3, -0.25) is 4.79 Å². The Bertz CT molecular complexity index is 1110. The van der Waals surface area contributed by atoms with Gasteiger partial charge in [-0.15, -0.1) is 5.10 Å². The van der Waals surface area contributed by atoms with Gasteiger partial charge in [0.05, 0.1) is 16.8 Å². The molecule has 128 valence electrons. The number of carbonyl (C=O) groups excluding carboxylic acids is 1. The van der Waals surface area contributed by atoms with Crippen LogP contribution in [0.3, 0.4) is 0 Å². The Hall–Kier alpha value is -3.61. The van der Waals surface area contributed by atoms with E-state index in [9.17, 15) is 9.18 Å². The molecule has 0 aliphatic carbocycles. The van der Waals surface area contributed by atoms with E-state index in [1.807, 2.05) is 0 Å². The molecule has 0 saturated heterocycles. The second kappa shape index (κ2) is 6.36. The monoisotopic (exact) mass is 347 g/mol. The van der Waals surface area contributed by atoms with E-state index in [0.29, 0.717) is 39.4 Å². The molecule has 0 saturated carbocycles. The quantitative estimate of drug-likeness (QED) is 0.592. The van der Waals surface area contributed by atoms with Crippen LogP contribution >= 0.6 is 0 Å². The number of rotatable bonds is 3. The second-order valence-corrected chi connectivity index (χ2v) is 5.76. The minimum absolute atomic E-state index is 0.344. The number of nitrogens with zero attached hydrogens (tertiary/aromatic N) is 3. The highest BCUT2D eigenvalue weighted by Gasteiger charge is 2.19. The third kappa shape index (κ3) is 2.79. The lowest BCUT2D eigenvalue weighted by molar-refractivity contribution is 0.102. The summed E-state index contributed by atoms with van der Waals surface area (Å²) in [5, 5.41) is 10.3. The number of benzene rings is 1. The Labute approximate surface area is 148 Å². The maximum atomic E-state index is 14.1. The number of pyridine rings is 1. The minimum Gasteiger partial charge on any atom is -0.357 e. The lowest BCUT2D eigenvalue weighted by atomic mass is 10.1. The first-order valence-corrected chi connectivity index (χ1v) is 7.97. The van der Waals surface area contributed by atoms with Crippen molar-refractivity contribution in [1.29, 1.82) is 0 Å². The Morgan fingerprint density at radius 1 is 1.12 bits per heavy atom. The first-order valence-electron chi connectivity index (χ1n) is 7.97. The number of aromatic amines is 1. The van der Waals surface area contributed by atoms with Crippen LogP contribution in [0.4, 0.5) is 10.2 Å². The van der Waals surface area contributed by atoms with Crippen LogP contribution in [0.5, 0.6) is 0 Å². The summed E-state index contributed by atoms with van der Waals surface area (Å²) in [4.78, 5) is 20.4. The van der Waals surface area contributed by atoms with Gasteiger partial charge in [0.1, 0.15) is 11.3 Å². The Morgan fingerprint density at radius 3 is 2.73 bits per heavy atom. The van der Waals surface area contributed by atoms with Crippen molar-refractivity contribution in [2.45, 2.75) is 6.92 Å². The lowest BCUT2D eigenvalue weighted by Gasteiger charge is -2.05. The standard InChI is InChI=1S/C19H14FN5O/c1-11-17(19(26)24-16-7-4-10-21-25-16)18-15(22-11)9-8-14(23-18)12-5-2-3-6-13(12)20/h2-10,22H,1H3,(H,24,25,26). The molecule has 0 bridgehead atoms. The molecule has 26 heavy (non-hydrogen) atoms. The van der Waals surface area contributed by atoms with E-state index in [0.717, 1.165) is 0 Å². The zero-order chi connectivity index (χ0) is 18.1. The van der Waals surface area contributed by atoms with Crippen LogP contribution in [0.1, 0.15) is 16.1 Å². The summed E-state index contributed by atoms with van der Waals surface area (Å²) in [5.41, 5.74) is 3.08. The van der Waals surface area contributed by atoms with Crippen LogP contribution in [0.15, 0.2) is 54.7 Å². The largest absolute Gasteiger partial charge is 0.357 e. The van der Waals surface area contributed by atoms with E-state index in [1.165, 1.54) is 12.3 Å². The molecule has 0 radical (unpaired) electrons. The average Bonchev–Trinajstić information content (AvgIpc) is 2.98. The van der Waals surface area contributed by atoms with Gasteiger partial charge in [0.2, 0.25) is 0 Å². The third-order valence-electron chi connectivity index (χ3n) is 4.02. The molecule has 3 heterocycles. The van der Waals surface area contributed by atoms with Crippen molar-refractivity contribution in [3.8, 4) is 11.3 Å². The summed E-state index contributed by atoms with van der Waals surface area (Å²) in [7, 11) is 0. The van der Waals surface area contributed by atoms with Gasteiger partial charge in [-0.05, 0) is 43.3 Å². The molecule has 1 amide bonds. The molecule has 7 heteroatoms. The molecule has 0 aliphatic rings. The van der Waals surface area contributed by atoms with Crippen LogP contribution in [0.25, 0.3) is 22.3 Å². The Morgan fingerprint density at radius 2 is 1.96 bits per heavy atom. The van der Waals surface area contributed by atoms with E-state index in [4.69, 9.17) is 0 Å². The SMILES string of the molecule is Cc1[nH]c2ccc(-c3ccccc3F)nc2c1C(=O)Nc1cccnn1. The molecular weight excluding hydrogens is 333 g/mol. The van der Waals surface area contributed by atoms with Gasteiger partial charge in [-0.2, -0.15) is 5.10 Å². The number of aryl methyl sites for hydroxylation is 1. The number of halogens is 1. The number of H-pyrrole nitrogens is 1. The highest BCUT2D eigenvalue weighted by atomic mass is 19.1. The van der Waals surface area contributed by atoms with E-state index < -0.39 is 0 Å². The second-order valence-electron chi connectivity index (χ2n) is 5.76. The van der Waals surface area contributed by atoms with E-state index in [2.05, 4.69) is 25.5 Å². The maximum absolute atomic E-state index is 14.1. The first-order chi connectivity index (χ1) is 12.6. The summed E-state index contributed by atoms with van der Waals surface area (Å²) in [6, 6.07) is 13.2. The highest BCUT2D eigenvalue weighted by Crippen LogP contribution is 2.27. The fourth-order valence-electron chi connectivity index (χ4n) is 2.84. The molecule has 1 aromatic carbocycles. The van der Waals surface area contributed by atoms with Crippen molar-refractivity contribution in [3.05, 3.63) is 71.8 Å². The zero-order valence-electron chi connectivity index (χ0n) is 13.8. The van der Waals surface area contributed by atoms with Gasteiger partial charge in [-0.25, -0.2) is 9.37 Å². The van der Waals surface area contributed by atoms with Crippen LogP contribution in [0, 0.1) is 12.7 Å². The van der Waals surface area contributed by atoms with Crippen LogP contribution < -0.4 is 5.32 Å². The van der Waals surface area contributed by atoms with Crippen molar-refractivity contribution in [2.24, 2.45) is 0 Å². The van der Waals surface area contributed by atoms with E-state index >= 15 is 0 Å². The molecule has 0 spiro atoms. The van der Waals surface area contributed by atoms with Gasteiger partial charge in [-0.1, -0.05) is 12.1 Å². The molecular formula is C19H14FN5O. The van der Waals surface area contributed by atoms with E-state index in [1.54, 1.807) is 49.4 Å². The Balaban J connectivity index is 1.79. The van der Waals surface area contributed by atoms with Crippen molar-refractivity contribution >= 4 is 22.8 Å². The van der Waals surface area contributed by atoms with Gasteiger partial charge in [0.15, 0.2) is 5.82 Å². The van der Waals surface area contributed by atoms with Gasteiger partial charge < -0.3 is 10.3 Å². The predicted molar refractivity (Wildman–Crippen MR) is 96.2 cm³/mol. The zero-order valence-corrected chi connectivity index (χ0v) is 13.8. The molecule has 2 N–H and O–H groups in total. The number of hydrogen-bond acceptors (Lipinski definition) is 4. The number of fused-ring (bicyclic) bond motifs is 1. The number of amides is 1. The highest BCUT2D eigenvalue weighted by molar-refractivity contribution is 6.12. The predicted octanol–water partition coefficient (Wildman–Crippen LogP) is 3.72. The molecule has 0 aliphatic heterocycles. The molecule has 6 nitrogen and oxygen atoms in total. The van der Waals surface area contributed by atoms with E-state index in [-0.39, 0.29) is 11.7 Å². The van der Waals surface area contributed by atoms with Crippen molar-refractivity contribution < 1.29 is 9.18 Å². The van der Waals surface area contributed by atoms with Gasteiger partial charge in [0.25, 0.3) is 5.91 Å². The number of nitrogens with one attached hydrogen (secondary N) is 2. The summed E-state index contributed by atoms with van der Waals surface area (Å²) in [5.74, 6) is -0.374. The summed E-state index contributed by atoms with van der Waals surface area (Å²) >= 11 is 0. The van der Waals surface area contributed by atoms with Gasteiger partial charge in [0, 0.05) is 17.5 Å². The summed E-state index contributed by atoms with van der Waals surface area (Å²) < 4.78 is 14.1. The van der Waals surface area contributed by atoms with Crippen molar-refractivity contribution in [1.82, 2.24) is 20.2 Å². The fraction of sp³-hybridized carbons (Fsp3) is 0.0526. The van der Waals surface area contributed by atoms with Crippen LogP contribution in [-0.2, 0) is 0 Å². The van der Waals surface area contributed by atoms with Gasteiger partial charge >= 0.3 is 0 Å². The maximum Gasteiger partial charge on any atom is 0.260 e. The number of aromatic nitrogens is 4. The normalized spacial score (nSPS) is 10.8. The topological polar surface area (TPSA) is 83.6 Å². The number of carbonyl (C=O) groups is 1. The molecule has 0 fully saturated rings. The Kier molecular flexibility index (Phi) is 3.89. The molecule has 3 aromatic heterocycles. The third-order valence-corrected chi connectivity index (χ3v) is 4.02. The van der Waals surface area contributed by atoms with Crippen molar-refractivity contribution in [3.63, 3.8) is 0 Å². The first kappa shape index (κ1) is 15.9. The fourth-order valence-corrected chi connectivity index (χ4v) is 2.84.